The minimum atomic E-state index is -0.833. The zero-order chi connectivity index (χ0) is 6.73. The second kappa shape index (κ2) is 2.84. The van der Waals surface area contributed by atoms with Crippen molar-refractivity contribution in [2.24, 2.45) is 0 Å². The van der Waals surface area contributed by atoms with E-state index in [1.165, 1.54) is 6.92 Å². The molecule has 0 aromatic rings. The maximum atomic E-state index is 10.1. The lowest BCUT2D eigenvalue weighted by Crippen LogP contribution is -2.08. The summed E-state index contributed by atoms with van der Waals surface area (Å²) in [5, 5.41) is 7.91. The second-order valence-electron chi connectivity index (χ2n) is 1.47. The van der Waals surface area contributed by atoms with E-state index in [-0.39, 0.29) is 5.57 Å². The van der Waals surface area contributed by atoms with E-state index in [1.54, 1.807) is 0 Å². The summed E-state index contributed by atoms with van der Waals surface area (Å²) < 4.78 is 0. The Bertz CT molecular complexity index is 118. The van der Waals surface area contributed by atoms with E-state index in [9.17, 15) is 4.79 Å². The van der Waals surface area contributed by atoms with Gasteiger partial charge in [0, 0.05) is 5.57 Å². The third kappa shape index (κ3) is 2.09. The third-order valence-electron chi connectivity index (χ3n) is 0.757. The summed E-state index contributed by atoms with van der Waals surface area (Å²) in [6.45, 7) is 4.66. The van der Waals surface area contributed by atoms with E-state index in [1.807, 2.05) is 0 Å². The molecule has 1 unspecified atom stereocenters. The van der Waals surface area contributed by atoms with Gasteiger partial charge in [-0.1, -0.05) is 6.58 Å². The van der Waals surface area contributed by atoms with Crippen LogP contribution in [0.4, 0.5) is 0 Å². The van der Waals surface area contributed by atoms with Crippen LogP contribution in [-0.2, 0) is 4.79 Å². The Morgan fingerprint density at radius 2 is 2.25 bits per heavy atom. The first-order chi connectivity index (χ1) is 3.55. The molecule has 0 bridgehead atoms. The average Bonchev–Trinajstić information content (AvgIpc) is 1.64. The number of halogens is 1. The number of aliphatic hydroxyl groups is 1. The molecule has 0 rings (SSSR count). The van der Waals surface area contributed by atoms with Gasteiger partial charge in [0.25, 0.3) is 0 Å². The van der Waals surface area contributed by atoms with Gasteiger partial charge in [-0.2, -0.15) is 0 Å². The largest absolute Gasteiger partial charge is 0.389 e. The Balaban J connectivity index is 3.84. The van der Waals surface area contributed by atoms with Gasteiger partial charge in [-0.15, -0.1) is 0 Å². The number of hydrogen-bond acceptors (Lipinski definition) is 2. The molecule has 3 heteroatoms. The molecule has 8 heavy (non-hydrogen) atoms. The molecule has 0 spiro atoms. The van der Waals surface area contributed by atoms with Crippen LogP contribution in [0.2, 0.25) is 0 Å². The fraction of sp³-hybridized carbons (Fsp3) is 0.400. The molecule has 0 aliphatic carbocycles. The maximum Gasteiger partial charge on any atom is 0.250 e. The number of aliphatic hydroxyl groups excluding tert-OH is 1. The van der Waals surface area contributed by atoms with Crippen LogP contribution in [0.1, 0.15) is 6.92 Å². The monoisotopic (exact) mass is 134 g/mol. The van der Waals surface area contributed by atoms with E-state index in [0.717, 1.165) is 0 Å². The standard InChI is InChI=1S/C5H7ClO2/c1-3(4(2)7)5(6)8/h4,7H,1H2,2H3. The molecule has 0 aliphatic rings. The quantitative estimate of drug-likeness (QED) is 0.446. The molecule has 0 amide bonds. The maximum absolute atomic E-state index is 10.1. The highest BCUT2D eigenvalue weighted by Gasteiger charge is 2.07. The van der Waals surface area contributed by atoms with Crippen molar-refractivity contribution in [3.63, 3.8) is 0 Å². The van der Waals surface area contributed by atoms with E-state index in [2.05, 4.69) is 6.58 Å². The molecular formula is C5H7ClO2. The smallest absolute Gasteiger partial charge is 0.250 e. The summed E-state index contributed by atoms with van der Waals surface area (Å²) in [7, 11) is 0. The number of carbonyl (C=O) groups is 1. The molecule has 0 radical (unpaired) electrons. The molecule has 0 fully saturated rings. The Morgan fingerprint density at radius 1 is 1.88 bits per heavy atom. The van der Waals surface area contributed by atoms with Crippen molar-refractivity contribution in [3.05, 3.63) is 12.2 Å². The summed E-state index contributed by atoms with van der Waals surface area (Å²) in [6, 6.07) is 0. The minimum absolute atomic E-state index is 0.0340. The van der Waals surface area contributed by atoms with Crippen LogP contribution in [0.15, 0.2) is 12.2 Å². The molecule has 0 aromatic heterocycles. The van der Waals surface area contributed by atoms with Crippen molar-refractivity contribution in [2.45, 2.75) is 13.0 Å². The first-order valence-corrected chi connectivity index (χ1v) is 2.50. The fourth-order valence-corrected chi connectivity index (χ4v) is 0.322. The van der Waals surface area contributed by atoms with Gasteiger partial charge in [-0.25, -0.2) is 0 Å². The van der Waals surface area contributed by atoms with Gasteiger partial charge in [0.1, 0.15) is 0 Å². The lowest BCUT2D eigenvalue weighted by molar-refractivity contribution is -0.109. The molecule has 46 valence electrons. The van der Waals surface area contributed by atoms with Crippen LogP contribution in [0.5, 0.6) is 0 Å². The normalized spacial score (nSPS) is 12.9. The van der Waals surface area contributed by atoms with Crippen molar-refractivity contribution < 1.29 is 9.90 Å². The average molecular weight is 135 g/mol. The van der Waals surface area contributed by atoms with Crippen molar-refractivity contribution >= 4 is 16.8 Å². The van der Waals surface area contributed by atoms with Crippen LogP contribution in [0.25, 0.3) is 0 Å². The molecule has 0 heterocycles. The van der Waals surface area contributed by atoms with E-state index >= 15 is 0 Å². The van der Waals surface area contributed by atoms with E-state index < -0.39 is 11.3 Å². The molecule has 1 atom stereocenters. The second-order valence-corrected chi connectivity index (χ2v) is 1.82. The summed E-state index contributed by atoms with van der Waals surface area (Å²) >= 11 is 4.92. The Hall–Kier alpha value is -0.340. The summed E-state index contributed by atoms with van der Waals surface area (Å²) in [5.41, 5.74) is 0.0340. The van der Waals surface area contributed by atoms with Gasteiger partial charge in [-0.05, 0) is 18.5 Å². The van der Waals surface area contributed by atoms with Gasteiger partial charge in [0.05, 0.1) is 6.10 Å². The minimum Gasteiger partial charge on any atom is -0.389 e. The van der Waals surface area contributed by atoms with Crippen LogP contribution in [0, 0.1) is 0 Å². The molecule has 0 saturated heterocycles. The lowest BCUT2D eigenvalue weighted by atomic mass is 10.2. The number of hydrogen-bond donors (Lipinski definition) is 1. The molecule has 1 N–H and O–H groups in total. The summed E-state index contributed by atoms with van der Waals surface area (Å²) in [5.74, 6) is 0. The number of rotatable bonds is 2. The van der Waals surface area contributed by atoms with Gasteiger partial charge in [-0.3, -0.25) is 4.79 Å². The van der Waals surface area contributed by atoms with E-state index in [0.29, 0.717) is 0 Å². The van der Waals surface area contributed by atoms with Crippen LogP contribution in [-0.4, -0.2) is 16.5 Å². The Labute approximate surface area is 52.8 Å². The Kier molecular flexibility index (Phi) is 2.72. The highest BCUT2D eigenvalue weighted by molar-refractivity contribution is 6.67. The predicted octanol–water partition coefficient (Wildman–Crippen LogP) is 0.689. The van der Waals surface area contributed by atoms with Gasteiger partial charge in [0.15, 0.2) is 0 Å². The van der Waals surface area contributed by atoms with Crippen LogP contribution in [0.3, 0.4) is 0 Å². The zero-order valence-corrected chi connectivity index (χ0v) is 5.27. The molecule has 0 saturated carbocycles. The van der Waals surface area contributed by atoms with E-state index in [4.69, 9.17) is 16.7 Å². The van der Waals surface area contributed by atoms with Crippen molar-refractivity contribution in [1.82, 2.24) is 0 Å². The fourth-order valence-electron chi connectivity index (χ4n) is 0.164. The number of carbonyl (C=O) groups excluding carboxylic acids is 1. The first kappa shape index (κ1) is 7.66. The predicted molar refractivity (Wildman–Crippen MR) is 31.7 cm³/mol. The van der Waals surface area contributed by atoms with Gasteiger partial charge >= 0.3 is 0 Å². The molecular weight excluding hydrogens is 128 g/mol. The van der Waals surface area contributed by atoms with Crippen LogP contribution >= 0.6 is 11.6 Å². The Morgan fingerprint density at radius 3 is 2.25 bits per heavy atom. The van der Waals surface area contributed by atoms with Crippen molar-refractivity contribution in [1.29, 1.82) is 0 Å². The molecule has 0 aliphatic heterocycles. The first-order valence-electron chi connectivity index (χ1n) is 2.12. The molecule has 2 nitrogen and oxygen atoms in total. The summed E-state index contributed by atoms with van der Waals surface area (Å²) in [4.78, 5) is 10.1. The summed E-state index contributed by atoms with van der Waals surface area (Å²) in [6.07, 6.45) is -0.833. The zero-order valence-electron chi connectivity index (χ0n) is 4.52. The lowest BCUT2D eigenvalue weighted by Gasteiger charge is -1.99. The highest BCUT2D eigenvalue weighted by Crippen LogP contribution is 2.01. The topological polar surface area (TPSA) is 37.3 Å². The molecule has 0 aromatic carbocycles. The highest BCUT2D eigenvalue weighted by atomic mass is 35.5. The SMILES string of the molecule is C=C(C(=O)Cl)C(C)O. The van der Waals surface area contributed by atoms with Crippen molar-refractivity contribution in [3.8, 4) is 0 Å². The van der Waals surface area contributed by atoms with Gasteiger partial charge in [0.2, 0.25) is 5.24 Å². The van der Waals surface area contributed by atoms with Crippen molar-refractivity contribution in [2.75, 3.05) is 0 Å². The van der Waals surface area contributed by atoms with Crippen LogP contribution < -0.4 is 0 Å². The third-order valence-corrected chi connectivity index (χ3v) is 1.000. The van der Waals surface area contributed by atoms with Gasteiger partial charge < -0.3 is 5.11 Å².